The molecule has 43 heavy (non-hydrogen) atoms. The van der Waals surface area contributed by atoms with E-state index in [4.69, 9.17) is 0 Å². The molecule has 5 aromatic rings. The summed E-state index contributed by atoms with van der Waals surface area (Å²) in [5, 5.41) is 26.4. The number of tetrazole rings is 1. The lowest BCUT2D eigenvalue weighted by Crippen LogP contribution is -2.70. The fourth-order valence-electron chi connectivity index (χ4n) is 6.56. The van der Waals surface area contributed by atoms with Crippen molar-refractivity contribution in [1.29, 1.82) is 0 Å². The summed E-state index contributed by atoms with van der Waals surface area (Å²) in [5.41, 5.74) is 3.31. The van der Waals surface area contributed by atoms with Gasteiger partial charge in [0.15, 0.2) is 5.82 Å². The van der Waals surface area contributed by atoms with Crippen LogP contribution in [-0.2, 0) is 16.9 Å². The third-order valence-electron chi connectivity index (χ3n) is 8.48. The van der Waals surface area contributed by atoms with Crippen LogP contribution >= 0.6 is 11.8 Å². The number of thioether (sulfide) groups is 1. The SMILES string of the molecule is CC1(C)S[C@H]2C(NC(c3ccccc3)(c3ccccc3)c3ccccc3)C(=O)N2C1c1nnnn1Cc1cccc(O)c1. The van der Waals surface area contributed by atoms with Crippen molar-refractivity contribution >= 4 is 17.7 Å². The fraction of sp³-hybridized carbons (Fsp3) is 0.235. The molecule has 8 nitrogen and oxygen atoms in total. The second kappa shape index (κ2) is 10.7. The number of benzene rings is 4. The first-order chi connectivity index (χ1) is 20.9. The van der Waals surface area contributed by atoms with Crippen molar-refractivity contribution < 1.29 is 9.90 Å². The number of fused-ring (bicyclic) bond motifs is 1. The van der Waals surface area contributed by atoms with Crippen molar-refractivity contribution in [2.24, 2.45) is 0 Å². The number of aromatic hydroxyl groups is 1. The summed E-state index contributed by atoms with van der Waals surface area (Å²) in [5.74, 6) is 0.845. The number of phenolic OH excluding ortho intramolecular Hbond substituents is 1. The number of hydrogen-bond acceptors (Lipinski definition) is 7. The maximum absolute atomic E-state index is 14.3. The summed E-state index contributed by atoms with van der Waals surface area (Å²) < 4.78 is 1.39. The molecule has 2 fully saturated rings. The largest absolute Gasteiger partial charge is 0.508 e. The lowest BCUT2D eigenvalue weighted by Gasteiger charge is -2.49. The van der Waals surface area contributed by atoms with Gasteiger partial charge in [-0.3, -0.25) is 10.1 Å². The van der Waals surface area contributed by atoms with Crippen molar-refractivity contribution in [2.45, 2.75) is 48.1 Å². The van der Waals surface area contributed by atoms with Gasteiger partial charge in [0.1, 0.15) is 23.2 Å². The Morgan fingerprint density at radius 1 is 0.860 bits per heavy atom. The number of rotatable bonds is 8. The highest BCUT2D eigenvalue weighted by molar-refractivity contribution is 8.01. The van der Waals surface area contributed by atoms with Crippen LogP contribution in [0.4, 0.5) is 0 Å². The highest BCUT2D eigenvalue weighted by Gasteiger charge is 2.64. The van der Waals surface area contributed by atoms with E-state index in [-0.39, 0.29) is 27.8 Å². The van der Waals surface area contributed by atoms with Gasteiger partial charge in [-0.2, -0.15) is 0 Å². The molecule has 9 heteroatoms. The number of hydrogen-bond donors (Lipinski definition) is 2. The Labute approximate surface area is 254 Å². The van der Waals surface area contributed by atoms with Crippen LogP contribution in [0.3, 0.4) is 0 Å². The van der Waals surface area contributed by atoms with Crippen LogP contribution in [-0.4, -0.2) is 52.3 Å². The number of nitrogens with zero attached hydrogens (tertiary/aromatic N) is 5. The van der Waals surface area contributed by atoms with Crippen molar-refractivity contribution in [3.63, 3.8) is 0 Å². The molecular formula is C34H32N6O2S. The standard InChI is InChI=1S/C34H32N6O2S/c1-33(2)29(30-36-37-38-39(30)22-23-13-12-20-27(41)21-23)40-31(42)28(32(40)43-33)35-34(24-14-6-3-7-15-24,25-16-8-4-9-17-25)26-18-10-5-11-19-26/h3-21,28-29,32,35,41H,22H2,1-2H3/t28?,29?,32-/m0/s1. The van der Waals surface area contributed by atoms with E-state index in [0.29, 0.717) is 12.4 Å². The van der Waals surface area contributed by atoms with Crippen molar-refractivity contribution in [3.05, 3.63) is 143 Å². The van der Waals surface area contributed by atoms with E-state index in [1.165, 1.54) is 0 Å². The van der Waals surface area contributed by atoms with Gasteiger partial charge in [-0.1, -0.05) is 103 Å². The molecular weight excluding hydrogens is 556 g/mol. The molecule has 0 saturated carbocycles. The number of nitrogens with one attached hydrogen (secondary N) is 1. The predicted molar refractivity (Wildman–Crippen MR) is 166 cm³/mol. The molecule has 4 aromatic carbocycles. The monoisotopic (exact) mass is 588 g/mol. The molecule has 2 aliphatic heterocycles. The van der Waals surface area contributed by atoms with Crippen LogP contribution in [0.2, 0.25) is 0 Å². The molecule has 0 bridgehead atoms. The van der Waals surface area contributed by atoms with Crippen molar-refractivity contribution in [3.8, 4) is 5.75 Å². The first-order valence-corrected chi connectivity index (χ1v) is 15.2. The molecule has 0 spiro atoms. The predicted octanol–water partition coefficient (Wildman–Crippen LogP) is 5.11. The third kappa shape index (κ3) is 4.60. The molecule has 7 rings (SSSR count). The fourth-order valence-corrected chi connectivity index (χ4v) is 8.19. The summed E-state index contributed by atoms with van der Waals surface area (Å²) in [6.45, 7) is 4.69. The summed E-state index contributed by atoms with van der Waals surface area (Å²) in [6.07, 6.45) is 0. The summed E-state index contributed by atoms with van der Waals surface area (Å²) >= 11 is 1.77. The average molecular weight is 589 g/mol. The quantitative estimate of drug-likeness (QED) is 0.192. The van der Waals surface area contributed by atoms with E-state index in [1.807, 2.05) is 65.6 Å². The molecule has 3 atom stereocenters. The molecule has 2 aliphatic rings. The molecule has 1 aromatic heterocycles. The van der Waals surface area contributed by atoms with Crippen LogP contribution in [0.15, 0.2) is 115 Å². The zero-order valence-electron chi connectivity index (χ0n) is 23.9. The van der Waals surface area contributed by atoms with Gasteiger partial charge in [0, 0.05) is 4.75 Å². The number of β-lactam (4-membered cyclic amide) rings is 1. The maximum atomic E-state index is 14.3. The molecule has 2 saturated heterocycles. The van der Waals surface area contributed by atoms with Gasteiger partial charge in [0.05, 0.1) is 12.1 Å². The number of phenols is 1. The molecule has 1 amide bonds. The molecule has 0 radical (unpaired) electrons. The second-order valence-electron chi connectivity index (χ2n) is 11.6. The van der Waals surface area contributed by atoms with Crippen LogP contribution < -0.4 is 5.32 Å². The van der Waals surface area contributed by atoms with Crippen LogP contribution in [0.25, 0.3) is 0 Å². The van der Waals surface area contributed by atoms with E-state index in [2.05, 4.69) is 71.1 Å². The molecule has 0 aliphatic carbocycles. The van der Waals surface area contributed by atoms with E-state index in [1.54, 1.807) is 34.6 Å². The first-order valence-electron chi connectivity index (χ1n) is 14.4. The Morgan fingerprint density at radius 2 is 1.44 bits per heavy atom. The lowest BCUT2D eigenvalue weighted by atomic mass is 9.76. The minimum Gasteiger partial charge on any atom is -0.508 e. The molecule has 2 N–H and O–H groups in total. The second-order valence-corrected chi connectivity index (χ2v) is 13.4. The van der Waals surface area contributed by atoms with Crippen LogP contribution in [0, 0.1) is 0 Å². The normalized spacial score (nSPS) is 20.9. The first kappa shape index (κ1) is 27.4. The lowest BCUT2D eigenvalue weighted by molar-refractivity contribution is -0.150. The Bertz CT molecular complexity index is 1650. The van der Waals surface area contributed by atoms with Gasteiger partial charge >= 0.3 is 0 Å². The van der Waals surface area contributed by atoms with Crippen LogP contribution in [0.5, 0.6) is 5.75 Å². The molecule has 3 heterocycles. The van der Waals surface area contributed by atoms with E-state index < -0.39 is 11.6 Å². The Morgan fingerprint density at radius 3 is 2.00 bits per heavy atom. The van der Waals surface area contributed by atoms with Crippen molar-refractivity contribution in [2.75, 3.05) is 0 Å². The van der Waals surface area contributed by atoms with Gasteiger partial charge in [-0.25, -0.2) is 4.68 Å². The highest BCUT2D eigenvalue weighted by atomic mass is 32.2. The minimum absolute atomic E-state index is 0.0205. The number of aromatic nitrogens is 4. The Balaban J connectivity index is 1.26. The summed E-state index contributed by atoms with van der Waals surface area (Å²) in [6, 6.07) is 37.4. The van der Waals surface area contributed by atoms with Gasteiger partial charge < -0.3 is 10.0 Å². The number of amides is 1. The minimum atomic E-state index is -0.754. The number of carbonyl (C=O) groups excluding carboxylic acids is 1. The number of carbonyl (C=O) groups is 1. The van der Waals surface area contributed by atoms with Gasteiger partial charge in [0.25, 0.3) is 0 Å². The third-order valence-corrected chi connectivity index (χ3v) is 10.1. The van der Waals surface area contributed by atoms with E-state index in [9.17, 15) is 9.90 Å². The maximum Gasteiger partial charge on any atom is 0.244 e. The topological polar surface area (TPSA) is 96.2 Å². The molecule has 216 valence electrons. The van der Waals surface area contributed by atoms with Gasteiger partial charge in [0.2, 0.25) is 5.91 Å². The van der Waals surface area contributed by atoms with Crippen LogP contribution in [0.1, 0.15) is 48.0 Å². The summed E-state index contributed by atoms with van der Waals surface area (Å²) in [7, 11) is 0. The van der Waals surface area contributed by atoms with E-state index in [0.717, 1.165) is 22.3 Å². The Kier molecular flexibility index (Phi) is 6.79. The van der Waals surface area contributed by atoms with Crippen molar-refractivity contribution in [1.82, 2.24) is 30.4 Å². The Hall–Kier alpha value is -4.47. The highest BCUT2D eigenvalue weighted by Crippen LogP contribution is 2.57. The van der Waals surface area contributed by atoms with E-state index >= 15 is 0 Å². The average Bonchev–Trinajstić information content (AvgIpc) is 3.57. The van der Waals surface area contributed by atoms with Gasteiger partial charge in [-0.05, 0) is 58.7 Å². The molecule has 2 unspecified atom stereocenters. The van der Waals surface area contributed by atoms with Gasteiger partial charge in [-0.15, -0.1) is 16.9 Å². The summed E-state index contributed by atoms with van der Waals surface area (Å²) in [4.78, 5) is 16.2. The smallest absolute Gasteiger partial charge is 0.244 e. The zero-order chi connectivity index (χ0) is 29.6. The zero-order valence-corrected chi connectivity index (χ0v) is 24.7.